The lowest BCUT2D eigenvalue weighted by molar-refractivity contribution is -0.119. The molecule has 25 heavy (non-hydrogen) atoms. The van der Waals surface area contributed by atoms with E-state index in [1.807, 2.05) is 36.4 Å². The zero-order chi connectivity index (χ0) is 17.8. The number of fused-ring (bicyclic) bond motifs is 1. The van der Waals surface area contributed by atoms with E-state index in [2.05, 4.69) is 10.9 Å². The molecule has 0 fully saturated rings. The molecule has 0 bridgehead atoms. The molecule has 0 aliphatic carbocycles. The molecule has 0 saturated carbocycles. The van der Waals surface area contributed by atoms with Gasteiger partial charge in [-0.15, -0.1) is 11.8 Å². The summed E-state index contributed by atoms with van der Waals surface area (Å²) < 4.78 is 5.06. The third kappa shape index (κ3) is 3.97. The van der Waals surface area contributed by atoms with E-state index in [0.29, 0.717) is 16.3 Å². The van der Waals surface area contributed by atoms with Crippen molar-refractivity contribution >= 4 is 45.9 Å². The van der Waals surface area contributed by atoms with Crippen LogP contribution in [0, 0.1) is 6.92 Å². The summed E-state index contributed by atoms with van der Waals surface area (Å²) >= 11 is 7.63. The Labute approximate surface area is 153 Å². The molecule has 0 spiro atoms. The average Bonchev–Trinajstić information content (AvgIpc) is 3.04. The fourth-order valence-electron chi connectivity index (χ4n) is 2.38. The smallest absolute Gasteiger partial charge is 0.273 e. The topological polar surface area (TPSA) is 71.3 Å². The maximum absolute atomic E-state index is 12.0. The molecule has 1 heterocycles. The van der Waals surface area contributed by atoms with Crippen molar-refractivity contribution in [1.82, 2.24) is 10.9 Å². The second-order valence-corrected chi connectivity index (χ2v) is 6.70. The number of hydrazine groups is 1. The highest BCUT2D eigenvalue weighted by Gasteiger charge is 2.13. The van der Waals surface area contributed by atoms with Gasteiger partial charge in [0.25, 0.3) is 5.91 Å². The number of thioether (sulfide) groups is 1. The Hall–Kier alpha value is -2.44. The number of rotatable bonds is 4. The van der Waals surface area contributed by atoms with Crippen molar-refractivity contribution in [1.29, 1.82) is 0 Å². The van der Waals surface area contributed by atoms with Crippen LogP contribution in [-0.4, -0.2) is 17.6 Å². The minimum atomic E-state index is -0.419. The SMILES string of the molecule is Cc1occc1C(=O)NNC(=O)CSc1cccc2cccc(Cl)c12. The van der Waals surface area contributed by atoms with Gasteiger partial charge in [0.2, 0.25) is 5.91 Å². The third-order valence-corrected chi connectivity index (χ3v) is 4.97. The van der Waals surface area contributed by atoms with Crippen molar-refractivity contribution in [2.24, 2.45) is 0 Å². The summed E-state index contributed by atoms with van der Waals surface area (Å²) in [4.78, 5) is 24.8. The van der Waals surface area contributed by atoms with Gasteiger partial charge in [-0.3, -0.25) is 20.4 Å². The van der Waals surface area contributed by atoms with Crippen LogP contribution in [0.25, 0.3) is 10.8 Å². The molecule has 0 radical (unpaired) electrons. The number of aryl methyl sites for hydroxylation is 1. The molecule has 128 valence electrons. The molecule has 0 aliphatic rings. The molecule has 1 aromatic heterocycles. The predicted octanol–water partition coefficient (Wildman–Crippen LogP) is 3.95. The number of hydrogen-bond donors (Lipinski definition) is 2. The number of amides is 2. The molecule has 2 N–H and O–H groups in total. The van der Waals surface area contributed by atoms with E-state index in [4.69, 9.17) is 16.0 Å². The van der Waals surface area contributed by atoms with Crippen molar-refractivity contribution in [2.75, 3.05) is 5.75 Å². The molecule has 5 nitrogen and oxygen atoms in total. The Morgan fingerprint density at radius 2 is 1.88 bits per heavy atom. The summed E-state index contributed by atoms with van der Waals surface area (Å²) in [7, 11) is 0. The quantitative estimate of drug-likeness (QED) is 0.536. The third-order valence-electron chi connectivity index (χ3n) is 3.59. The molecule has 0 saturated heterocycles. The van der Waals surface area contributed by atoms with Gasteiger partial charge in [0, 0.05) is 15.3 Å². The van der Waals surface area contributed by atoms with Crippen molar-refractivity contribution in [3.8, 4) is 0 Å². The number of nitrogens with one attached hydrogen (secondary N) is 2. The van der Waals surface area contributed by atoms with Crippen LogP contribution in [0.2, 0.25) is 5.02 Å². The number of hydrogen-bond acceptors (Lipinski definition) is 4. The highest BCUT2D eigenvalue weighted by molar-refractivity contribution is 8.00. The summed E-state index contributed by atoms with van der Waals surface area (Å²) in [6, 6.07) is 13.0. The van der Waals surface area contributed by atoms with E-state index >= 15 is 0 Å². The Morgan fingerprint density at radius 3 is 2.60 bits per heavy atom. The second kappa shape index (κ2) is 7.63. The number of carbonyl (C=O) groups excluding carboxylic acids is 2. The fraction of sp³-hybridized carbons (Fsp3) is 0.111. The van der Waals surface area contributed by atoms with Crippen molar-refractivity contribution in [3.63, 3.8) is 0 Å². The van der Waals surface area contributed by atoms with Gasteiger partial charge < -0.3 is 4.42 Å². The van der Waals surface area contributed by atoms with Crippen LogP contribution in [0.3, 0.4) is 0 Å². The van der Waals surface area contributed by atoms with Crippen LogP contribution < -0.4 is 10.9 Å². The van der Waals surface area contributed by atoms with Crippen molar-refractivity contribution < 1.29 is 14.0 Å². The Morgan fingerprint density at radius 1 is 1.12 bits per heavy atom. The van der Waals surface area contributed by atoms with E-state index in [0.717, 1.165) is 15.7 Å². The molecule has 3 aromatic rings. The van der Waals surface area contributed by atoms with Gasteiger partial charge in [-0.25, -0.2) is 0 Å². The standard InChI is InChI=1S/C18H15ClN2O3S/c1-11-13(8-9-24-11)18(23)21-20-16(22)10-25-15-7-3-5-12-4-2-6-14(19)17(12)15/h2-9H,10H2,1H3,(H,20,22)(H,21,23). The van der Waals surface area contributed by atoms with E-state index in [1.165, 1.54) is 18.0 Å². The maximum Gasteiger partial charge on any atom is 0.273 e. The fourth-order valence-corrected chi connectivity index (χ4v) is 3.62. The van der Waals surface area contributed by atoms with Crippen LogP contribution in [-0.2, 0) is 4.79 Å². The summed E-state index contributed by atoms with van der Waals surface area (Å²) in [5, 5.41) is 2.58. The first kappa shape index (κ1) is 17.4. The van der Waals surface area contributed by atoms with Crippen LogP contribution >= 0.6 is 23.4 Å². The molecule has 0 atom stereocenters. The maximum atomic E-state index is 12.0. The molecule has 0 aliphatic heterocycles. The first-order chi connectivity index (χ1) is 12.1. The molecule has 2 amide bonds. The molecule has 3 rings (SSSR count). The van der Waals surface area contributed by atoms with Crippen molar-refractivity contribution in [3.05, 3.63) is 65.1 Å². The van der Waals surface area contributed by atoms with Gasteiger partial charge >= 0.3 is 0 Å². The number of halogens is 1. The lowest BCUT2D eigenvalue weighted by atomic mass is 10.1. The molecule has 2 aromatic carbocycles. The minimum Gasteiger partial charge on any atom is -0.469 e. The molecular formula is C18H15ClN2O3S. The Bertz CT molecular complexity index is 934. The number of benzene rings is 2. The minimum absolute atomic E-state index is 0.148. The highest BCUT2D eigenvalue weighted by atomic mass is 35.5. The summed E-state index contributed by atoms with van der Waals surface area (Å²) in [5.41, 5.74) is 5.15. The van der Waals surface area contributed by atoms with Gasteiger partial charge in [0.05, 0.1) is 17.6 Å². The van der Waals surface area contributed by atoms with Gasteiger partial charge in [-0.1, -0.05) is 35.9 Å². The van der Waals surface area contributed by atoms with Gasteiger partial charge in [0.15, 0.2) is 0 Å². The molecular weight excluding hydrogens is 360 g/mol. The summed E-state index contributed by atoms with van der Waals surface area (Å²) in [6.45, 7) is 1.68. The summed E-state index contributed by atoms with van der Waals surface area (Å²) in [5.74, 6) is -0.0949. The van der Waals surface area contributed by atoms with Crippen LogP contribution in [0.15, 0.2) is 58.0 Å². The van der Waals surface area contributed by atoms with Gasteiger partial charge in [-0.2, -0.15) is 0 Å². The highest BCUT2D eigenvalue weighted by Crippen LogP contribution is 2.32. The average molecular weight is 375 g/mol. The van der Waals surface area contributed by atoms with Crippen molar-refractivity contribution in [2.45, 2.75) is 11.8 Å². The van der Waals surface area contributed by atoms with E-state index in [1.54, 1.807) is 13.0 Å². The molecule has 7 heteroatoms. The Kier molecular flexibility index (Phi) is 5.31. The monoisotopic (exact) mass is 374 g/mol. The second-order valence-electron chi connectivity index (χ2n) is 5.28. The first-order valence-electron chi connectivity index (χ1n) is 7.49. The van der Waals surface area contributed by atoms with Gasteiger partial charge in [0.1, 0.15) is 5.76 Å². The number of furan rings is 1. The van der Waals surface area contributed by atoms with Crippen LogP contribution in [0.5, 0.6) is 0 Å². The first-order valence-corrected chi connectivity index (χ1v) is 8.86. The van der Waals surface area contributed by atoms with Gasteiger partial charge in [-0.05, 0) is 30.5 Å². The van der Waals surface area contributed by atoms with Crippen LogP contribution in [0.1, 0.15) is 16.1 Å². The largest absolute Gasteiger partial charge is 0.469 e. The zero-order valence-corrected chi connectivity index (χ0v) is 14.9. The molecule has 0 unspecified atom stereocenters. The normalized spacial score (nSPS) is 10.6. The Balaban J connectivity index is 1.60. The van der Waals surface area contributed by atoms with Crippen LogP contribution in [0.4, 0.5) is 0 Å². The lowest BCUT2D eigenvalue weighted by Crippen LogP contribution is -2.42. The summed E-state index contributed by atoms with van der Waals surface area (Å²) in [6.07, 6.45) is 1.42. The van der Waals surface area contributed by atoms with E-state index in [-0.39, 0.29) is 11.7 Å². The predicted molar refractivity (Wildman–Crippen MR) is 98.7 cm³/mol. The number of carbonyl (C=O) groups is 2. The van der Waals surface area contributed by atoms with E-state index in [9.17, 15) is 9.59 Å². The lowest BCUT2D eigenvalue weighted by Gasteiger charge is -2.09. The zero-order valence-electron chi connectivity index (χ0n) is 13.3. The van der Waals surface area contributed by atoms with E-state index < -0.39 is 5.91 Å².